The smallest absolute Gasteiger partial charge is 0.305 e. The Balaban J connectivity index is 1.78. The summed E-state index contributed by atoms with van der Waals surface area (Å²) in [5, 5.41) is 1.23. The van der Waals surface area contributed by atoms with Gasteiger partial charge in [-0.25, -0.2) is 0 Å². The Labute approximate surface area is 192 Å². The van der Waals surface area contributed by atoms with Crippen LogP contribution in [-0.2, 0) is 25.4 Å². The minimum absolute atomic E-state index is 0.0904. The maximum absolute atomic E-state index is 11.5. The number of aromatic nitrogens is 1. The van der Waals surface area contributed by atoms with E-state index in [1.807, 2.05) is 26.1 Å². The van der Waals surface area contributed by atoms with Crippen LogP contribution in [0.25, 0.3) is 17.0 Å². The van der Waals surface area contributed by atoms with Crippen molar-refractivity contribution in [3.63, 3.8) is 0 Å². The molecule has 174 valence electrons. The molecule has 0 saturated carbocycles. The molecule has 0 spiro atoms. The van der Waals surface area contributed by atoms with E-state index in [0.29, 0.717) is 12.8 Å². The van der Waals surface area contributed by atoms with Crippen molar-refractivity contribution < 1.29 is 19.0 Å². The van der Waals surface area contributed by atoms with Gasteiger partial charge in [0.1, 0.15) is 6.10 Å². The Bertz CT molecular complexity index is 921. The lowest BCUT2D eigenvalue weighted by Crippen LogP contribution is -2.21. The van der Waals surface area contributed by atoms with Gasteiger partial charge >= 0.3 is 5.97 Å². The van der Waals surface area contributed by atoms with E-state index in [-0.39, 0.29) is 18.2 Å². The molecule has 32 heavy (non-hydrogen) atoms. The van der Waals surface area contributed by atoms with Crippen molar-refractivity contribution in [3.8, 4) is 0 Å². The largest absolute Gasteiger partial charge is 0.469 e. The quantitative estimate of drug-likeness (QED) is 0.307. The van der Waals surface area contributed by atoms with E-state index >= 15 is 0 Å². The van der Waals surface area contributed by atoms with E-state index in [9.17, 15) is 4.79 Å². The van der Waals surface area contributed by atoms with Crippen LogP contribution in [-0.4, -0.2) is 36.1 Å². The lowest BCUT2D eigenvalue weighted by Gasteiger charge is -2.16. The van der Waals surface area contributed by atoms with E-state index in [1.165, 1.54) is 43.7 Å². The zero-order valence-electron chi connectivity index (χ0n) is 19.9. The van der Waals surface area contributed by atoms with Crippen LogP contribution in [0.3, 0.4) is 0 Å². The topological polar surface area (TPSA) is 57.7 Å². The van der Waals surface area contributed by atoms with Crippen LogP contribution in [0.4, 0.5) is 0 Å². The minimum Gasteiger partial charge on any atom is -0.469 e. The molecule has 1 aliphatic rings. The zero-order valence-corrected chi connectivity index (χ0v) is 19.9. The summed E-state index contributed by atoms with van der Waals surface area (Å²) in [7, 11) is 1.42. The van der Waals surface area contributed by atoms with Gasteiger partial charge in [0.25, 0.3) is 0 Å². The second-order valence-corrected chi connectivity index (χ2v) is 8.99. The van der Waals surface area contributed by atoms with Crippen molar-refractivity contribution in [1.82, 2.24) is 4.98 Å². The monoisotopic (exact) mass is 439 g/mol. The maximum Gasteiger partial charge on any atom is 0.305 e. The molecule has 1 saturated heterocycles. The third-order valence-electron chi connectivity index (χ3n) is 5.98. The van der Waals surface area contributed by atoms with Gasteiger partial charge < -0.3 is 14.2 Å². The van der Waals surface area contributed by atoms with Crippen LogP contribution in [0.1, 0.15) is 76.8 Å². The Morgan fingerprint density at radius 2 is 1.97 bits per heavy atom. The molecule has 0 radical (unpaired) electrons. The normalized spacial score (nSPS) is 20.2. The van der Waals surface area contributed by atoms with Crippen LogP contribution < -0.4 is 0 Å². The Morgan fingerprint density at radius 1 is 1.16 bits per heavy atom. The number of methoxy groups -OCH3 is 1. The molecular weight excluding hydrogens is 402 g/mol. The van der Waals surface area contributed by atoms with Gasteiger partial charge in [-0.3, -0.25) is 9.78 Å². The molecule has 1 aromatic carbocycles. The molecule has 5 heteroatoms. The molecule has 3 rings (SSSR count). The van der Waals surface area contributed by atoms with Crippen LogP contribution in [0, 0.1) is 0 Å². The number of para-hydroxylation sites is 1. The number of hydrogen-bond donors (Lipinski definition) is 0. The molecule has 0 aliphatic carbocycles. The van der Waals surface area contributed by atoms with Crippen molar-refractivity contribution in [2.75, 3.05) is 7.11 Å². The summed E-state index contributed by atoms with van der Waals surface area (Å²) >= 11 is 0. The summed E-state index contributed by atoms with van der Waals surface area (Å²) in [5.74, 6) is -0.833. The van der Waals surface area contributed by atoms with Crippen molar-refractivity contribution in [2.45, 2.75) is 90.1 Å². The average molecular weight is 440 g/mol. The summed E-state index contributed by atoms with van der Waals surface area (Å²) in [6.07, 6.45) is 13.8. The van der Waals surface area contributed by atoms with Gasteiger partial charge in [0, 0.05) is 18.0 Å². The SMILES string of the molecule is CCCCCCc1c(/C=C/[C@H]2OC(C)(C)O[C@H]2CCCC(=O)OC)cnc2ccccc12. The molecule has 2 atom stereocenters. The van der Waals surface area contributed by atoms with Gasteiger partial charge in [-0.15, -0.1) is 0 Å². The van der Waals surface area contributed by atoms with Gasteiger partial charge in [0.05, 0.1) is 18.7 Å². The number of esters is 1. The van der Waals surface area contributed by atoms with E-state index in [0.717, 1.165) is 23.9 Å². The van der Waals surface area contributed by atoms with Crippen LogP contribution in [0.2, 0.25) is 0 Å². The number of nitrogens with zero attached hydrogens (tertiary/aromatic N) is 1. The van der Waals surface area contributed by atoms with Crippen molar-refractivity contribution >= 4 is 22.9 Å². The number of rotatable bonds is 11. The fourth-order valence-electron chi connectivity index (χ4n) is 4.36. The third kappa shape index (κ3) is 6.63. The summed E-state index contributed by atoms with van der Waals surface area (Å²) in [6.45, 7) is 6.11. The second-order valence-electron chi connectivity index (χ2n) is 8.99. The fourth-order valence-corrected chi connectivity index (χ4v) is 4.36. The van der Waals surface area contributed by atoms with E-state index in [1.54, 1.807) is 0 Å². The molecule has 1 aliphatic heterocycles. The van der Waals surface area contributed by atoms with E-state index in [2.05, 4.69) is 42.3 Å². The molecular formula is C27H37NO4. The standard InChI is InChI=1S/C27H37NO4/c1-5-6-7-8-12-21-20(19-28-23-14-10-9-13-22(21)23)17-18-25-24(31-27(2,3)32-25)15-11-16-26(29)30-4/h9-10,13-14,17-19,24-25H,5-8,11-12,15-16H2,1-4H3/b18-17+/t24-,25+/m0/s1. The first kappa shape index (κ1) is 24.4. The van der Waals surface area contributed by atoms with Crippen molar-refractivity contribution in [2.24, 2.45) is 0 Å². The van der Waals surface area contributed by atoms with Crippen LogP contribution in [0.15, 0.2) is 36.5 Å². The third-order valence-corrected chi connectivity index (χ3v) is 5.98. The Morgan fingerprint density at radius 3 is 2.75 bits per heavy atom. The predicted molar refractivity (Wildman–Crippen MR) is 128 cm³/mol. The molecule has 1 fully saturated rings. The number of benzene rings is 1. The highest BCUT2D eigenvalue weighted by atomic mass is 16.7. The van der Waals surface area contributed by atoms with Crippen LogP contribution >= 0.6 is 0 Å². The molecule has 2 heterocycles. The summed E-state index contributed by atoms with van der Waals surface area (Å²) in [4.78, 5) is 16.1. The minimum atomic E-state index is -0.643. The van der Waals surface area contributed by atoms with E-state index < -0.39 is 5.79 Å². The molecule has 0 N–H and O–H groups in total. The average Bonchev–Trinajstić information content (AvgIpc) is 3.08. The predicted octanol–water partition coefficient (Wildman–Crippen LogP) is 6.23. The highest BCUT2D eigenvalue weighted by molar-refractivity contribution is 5.85. The first-order valence-corrected chi connectivity index (χ1v) is 11.9. The molecule has 1 aromatic heterocycles. The van der Waals surface area contributed by atoms with Gasteiger partial charge in [0.2, 0.25) is 0 Å². The molecule has 0 unspecified atom stereocenters. The van der Waals surface area contributed by atoms with Gasteiger partial charge in [-0.05, 0) is 56.7 Å². The van der Waals surface area contributed by atoms with Crippen LogP contribution in [0.5, 0.6) is 0 Å². The zero-order chi connectivity index (χ0) is 23.0. The molecule has 2 aromatic rings. The van der Waals surface area contributed by atoms with Crippen molar-refractivity contribution in [1.29, 1.82) is 0 Å². The Kier molecular flexibility index (Phi) is 8.83. The highest BCUT2D eigenvalue weighted by Crippen LogP contribution is 2.32. The molecule has 5 nitrogen and oxygen atoms in total. The first-order chi connectivity index (χ1) is 15.4. The summed E-state index contributed by atoms with van der Waals surface area (Å²) < 4.78 is 17.0. The van der Waals surface area contributed by atoms with Gasteiger partial charge in [0.15, 0.2) is 5.79 Å². The number of hydrogen-bond acceptors (Lipinski definition) is 5. The van der Waals surface area contributed by atoms with Crippen molar-refractivity contribution in [3.05, 3.63) is 47.7 Å². The summed E-state index contributed by atoms with van der Waals surface area (Å²) in [6, 6.07) is 8.37. The number of ether oxygens (including phenoxy) is 3. The number of unbranched alkanes of at least 4 members (excludes halogenated alkanes) is 3. The Hall–Kier alpha value is -2.24. The van der Waals surface area contributed by atoms with Gasteiger partial charge in [-0.2, -0.15) is 0 Å². The number of aryl methyl sites for hydroxylation is 1. The lowest BCUT2D eigenvalue weighted by atomic mass is 9.96. The van der Waals surface area contributed by atoms with Gasteiger partial charge in [-0.1, -0.05) is 56.5 Å². The lowest BCUT2D eigenvalue weighted by molar-refractivity contribution is -0.144. The maximum atomic E-state index is 11.5. The fraction of sp³-hybridized carbons (Fsp3) is 0.556. The molecule has 0 bridgehead atoms. The number of carbonyl (C=O) groups excluding carboxylic acids is 1. The second kappa shape index (κ2) is 11.6. The number of pyridine rings is 1. The summed E-state index contributed by atoms with van der Waals surface area (Å²) in [5.41, 5.74) is 3.53. The van der Waals surface area contributed by atoms with E-state index in [4.69, 9.17) is 14.2 Å². The highest BCUT2D eigenvalue weighted by Gasteiger charge is 2.39. The first-order valence-electron chi connectivity index (χ1n) is 11.9. The molecule has 0 amide bonds. The number of carbonyl (C=O) groups is 1. The number of fused-ring (bicyclic) bond motifs is 1.